The Morgan fingerprint density at radius 3 is 2.67 bits per heavy atom. The molecular formula is C9H14N2O4. The third-order valence-electron chi connectivity index (χ3n) is 1.70. The van der Waals surface area contributed by atoms with Crippen molar-refractivity contribution < 1.29 is 19.4 Å². The zero-order valence-electron chi connectivity index (χ0n) is 8.40. The summed E-state index contributed by atoms with van der Waals surface area (Å²) in [6.45, 7) is -0.136. The van der Waals surface area contributed by atoms with Gasteiger partial charge in [-0.25, -0.2) is 4.79 Å². The van der Waals surface area contributed by atoms with Crippen molar-refractivity contribution >= 4 is 11.9 Å². The minimum absolute atomic E-state index is 0.108. The van der Waals surface area contributed by atoms with E-state index in [4.69, 9.17) is 17.3 Å². The molecule has 0 rings (SSSR count). The van der Waals surface area contributed by atoms with Crippen LogP contribution in [0, 0.1) is 12.3 Å². The van der Waals surface area contributed by atoms with Crippen LogP contribution in [0.4, 0.5) is 0 Å². The largest absolute Gasteiger partial charge is 0.479 e. The van der Waals surface area contributed by atoms with Crippen LogP contribution in [0.3, 0.4) is 0 Å². The second-order valence-corrected chi connectivity index (χ2v) is 2.82. The Hall–Kier alpha value is -1.58. The monoisotopic (exact) mass is 214 g/mol. The number of hydrogen-bond donors (Lipinski definition) is 3. The van der Waals surface area contributed by atoms with E-state index >= 15 is 0 Å². The third-order valence-corrected chi connectivity index (χ3v) is 1.70. The molecule has 0 spiro atoms. The van der Waals surface area contributed by atoms with Gasteiger partial charge in [-0.05, 0) is 0 Å². The highest BCUT2D eigenvalue weighted by Crippen LogP contribution is 1.90. The quantitative estimate of drug-likeness (QED) is 0.470. The zero-order chi connectivity index (χ0) is 11.8. The topological polar surface area (TPSA) is 102 Å². The van der Waals surface area contributed by atoms with Crippen LogP contribution < -0.4 is 11.1 Å². The molecule has 6 heteroatoms. The van der Waals surface area contributed by atoms with E-state index in [1.807, 2.05) is 0 Å². The fraction of sp³-hybridized carbons (Fsp3) is 0.556. The van der Waals surface area contributed by atoms with Gasteiger partial charge in [0, 0.05) is 13.5 Å². The number of ether oxygens (including phenoxy) is 1. The number of hydrogen-bond acceptors (Lipinski definition) is 4. The summed E-state index contributed by atoms with van der Waals surface area (Å²) in [7, 11) is 1.24. The molecule has 2 atom stereocenters. The van der Waals surface area contributed by atoms with Gasteiger partial charge in [-0.3, -0.25) is 4.79 Å². The van der Waals surface area contributed by atoms with Gasteiger partial charge in [0.1, 0.15) is 0 Å². The number of carboxylic acid groups (broad SMARTS) is 1. The van der Waals surface area contributed by atoms with Crippen molar-refractivity contribution in [1.29, 1.82) is 0 Å². The molecule has 0 aromatic carbocycles. The summed E-state index contributed by atoms with van der Waals surface area (Å²) >= 11 is 0. The van der Waals surface area contributed by atoms with Crippen LogP contribution in [0.25, 0.3) is 0 Å². The predicted molar refractivity (Wildman–Crippen MR) is 52.9 cm³/mol. The molecule has 0 aliphatic rings. The molecule has 84 valence electrons. The van der Waals surface area contributed by atoms with Crippen LogP contribution in [0.2, 0.25) is 0 Å². The molecule has 0 saturated heterocycles. The molecule has 0 aliphatic heterocycles. The number of carboxylic acids is 1. The molecule has 0 aliphatic carbocycles. The Labute approximate surface area is 87.8 Å². The maximum atomic E-state index is 11.2. The van der Waals surface area contributed by atoms with Gasteiger partial charge in [-0.2, -0.15) is 0 Å². The molecule has 0 saturated carbocycles. The van der Waals surface area contributed by atoms with Crippen LogP contribution >= 0.6 is 0 Å². The lowest BCUT2D eigenvalue weighted by Crippen LogP contribution is -2.45. The normalized spacial score (nSPS) is 13.7. The Balaban J connectivity index is 3.99. The number of carbonyl (C=O) groups is 2. The average molecular weight is 214 g/mol. The van der Waals surface area contributed by atoms with Crippen molar-refractivity contribution in [3.8, 4) is 12.3 Å². The summed E-state index contributed by atoms with van der Waals surface area (Å²) in [5.74, 6) is 0.600. The van der Waals surface area contributed by atoms with Gasteiger partial charge in [-0.1, -0.05) is 0 Å². The molecule has 0 heterocycles. The van der Waals surface area contributed by atoms with Crippen molar-refractivity contribution in [3.05, 3.63) is 0 Å². The summed E-state index contributed by atoms with van der Waals surface area (Å²) in [6, 6.07) is -0.818. The summed E-state index contributed by atoms with van der Waals surface area (Å²) in [5.41, 5.74) is 5.39. The lowest BCUT2D eigenvalue weighted by atomic mass is 10.2. The Morgan fingerprint density at radius 1 is 1.67 bits per heavy atom. The van der Waals surface area contributed by atoms with Gasteiger partial charge < -0.3 is 20.9 Å². The molecule has 0 aromatic rings. The first-order chi connectivity index (χ1) is 7.02. The Morgan fingerprint density at radius 2 is 2.27 bits per heavy atom. The number of methoxy groups -OCH3 is 1. The van der Waals surface area contributed by atoms with Crippen molar-refractivity contribution in [2.45, 2.75) is 18.6 Å². The first kappa shape index (κ1) is 13.4. The maximum absolute atomic E-state index is 11.2. The van der Waals surface area contributed by atoms with Gasteiger partial charge in [0.2, 0.25) is 5.91 Å². The van der Waals surface area contributed by atoms with Crippen LogP contribution in [-0.2, 0) is 14.3 Å². The van der Waals surface area contributed by atoms with E-state index < -0.39 is 24.0 Å². The minimum Gasteiger partial charge on any atom is -0.479 e. The number of nitrogens with two attached hydrogens (primary N) is 1. The highest BCUT2D eigenvalue weighted by Gasteiger charge is 2.19. The van der Waals surface area contributed by atoms with Crippen LogP contribution in [0.15, 0.2) is 0 Å². The van der Waals surface area contributed by atoms with E-state index in [0.717, 1.165) is 0 Å². The molecule has 1 amide bonds. The first-order valence-electron chi connectivity index (χ1n) is 4.25. The highest BCUT2D eigenvalue weighted by molar-refractivity contribution is 5.82. The van der Waals surface area contributed by atoms with E-state index in [0.29, 0.717) is 0 Å². The van der Waals surface area contributed by atoms with Gasteiger partial charge in [-0.15, -0.1) is 12.3 Å². The number of nitrogens with one attached hydrogen (secondary N) is 1. The van der Waals surface area contributed by atoms with Crippen LogP contribution in [-0.4, -0.2) is 42.8 Å². The number of aliphatic carboxylic acids is 1. The molecule has 0 radical (unpaired) electrons. The molecule has 0 fully saturated rings. The van der Waals surface area contributed by atoms with E-state index in [-0.39, 0.29) is 13.0 Å². The molecule has 6 nitrogen and oxygen atoms in total. The maximum Gasteiger partial charge on any atom is 0.334 e. The minimum atomic E-state index is -1.15. The van der Waals surface area contributed by atoms with E-state index in [2.05, 4.69) is 16.0 Å². The summed E-state index contributed by atoms with van der Waals surface area (Å²) in [5, 5.41) is 10.9. The Bertz CT molecular complexity index is 272. The van der Waals surface area contributed by atoms with Crippen LogP contribution in [0.5, 0.6) is 0 Å². The van der Waals surface area contributed by atoms with Crippen molar-refractivity contribution in [1.82, 2.24) is 5.32 Å². The third kappa shape index (κ3) is 5.00. The summed E-state index contributed by atoms with van der Waals surface area (Å²) in [4.78, 5) is 21.7. The number of rotatable bonds is 6. The second-order valence-electron chi connectivity index (χ2n) is 2.82. The molecule has 2 unspecified atom stereocenters. The number of carbonyl (C=O) groups excluding carboxylic acids is 1. The van der Waals surface area contributed by atoms with Gasteiger partial charge in [0.05, 0.1) is 12.6 Å². The SMILES string of the molecule is C#CCC(N)C(=O)NCC(OC)C(=O)O. The standard InChI is InChI=1S/C9H14N2O4/c1-3-4-6(10)8(12)11-5-7(15-2)9(13)14/h1,6-7H,4-5,10H2,2H3,(H,11,12)(H,13,14). The van der Waals surface area contributed by atoms with Gasteiger partial charge in [0.25, 0.3) is 0 Å². The van der Waals surface area contributed by atoms with Crippen molar-refractivity contribution in [2.24, 2.45) is 5.73 Å². The van der Waals surface area contributed by atoms with Gasteiger partial charge in [0.15, 0.2) is 6.10 Å². The highest BCUT2D eigenvalue weighted by atomic mass is 16.5. The zero-order valence-corrected chi connectivity index (χ0v) is 8.40. The summed E-state index contributed by atoms with van der Waals surface area (Å²) < 4.78 is 4.61. The molecule has 15 heavy (non-hydrogen) atoms. The second kappa shape index (κ2) is 6.81. The lowest BCUT2D eigenvalue weighted by Gasteiger charge is -2.13. The lowest BCUT2D eigenvalue weighted by molar-refractivity contribution is -0.148. The average Bonchev–Trinajstić information content (AvgIpc) is 2.18. The van der Waals surface area contributed by atoms with E-state index in [9.17, 15) is 9.59 Å². The fourth-order valence-corrected chi connectivity index (χ4v) is 0.816. The van der Waals surface area contributed by atoms with E-state index in [1.165, 1.54) is 7.11 Å². The van der Waals surface area contributed by atoms with Crippen LogP contribution in [0.1, 0.15) is 6.42 Å². The smallest absolute Gasteiger partial charge is 0.334 e. The number of terminal acetylenes is 1. The number of amides is 1. The van der Waals surface area contributed by atoms with Crippen molar-refractivity contribution in [3.63, 3.8) is 0 Å². The molecule has 0 bridgehead atoms. The molecular weight excluding hydrogens is 200 g/mol. The summed E-state index contributed by atoms with van der Waals surface area (Å²) in [6.07, 6.45) is 4.00. The molecule has 0 aromatic heterocycles. The predicted octanol–water partition coefficient (Wildman–Crippen LogP) is -1.45. The Kier molecular flexibility index (Phi) is 6.09. The molecule has 4 N–H and O–H groups in total. The van der Waals surface area contributed by atoms with Crippen molar-refractivity contribution in [2.75, 3.05) is 13.7 Å². The first-order valence-corrected chi connectivity index (χ1v) is 4.25. The fourth-order valence-electron chi connectivity index (χ4n) is 0.816. The van der Waals surface area contributed by atoms with Gasteiger partial charge >= 0.3 is 5.97 Å². The van der Waals surface area contributed by atoms with E-state index in [1.54, 1.807) is 0 Å².